The average molecular weight is 354 g/mol. The summed E-state index contributed by atoms with van der Waals surface area (Å²) in [7, 11) is 0. The molecule has 0 aliphatic carbocycles. The molecule has 0 atom stereocenters. The molecule has 1 aliphatic heterocycles. The first kappa shape index (κ1) is 15.4. The molecule has 1 aromatic carbocycles. The molecule has 0 saturated heterocycles. The lowest BCUT2D eigenvalue weighted by Gasteiger charge is -2.04. The number of rotatable bonds is 5. The number of aromatic nitrogens is 2. The summed E-state index contributed by atoms with van der Waals surface area (Å²) in [6.07, 6.45) is 5.07. The number of fused-ring (bicyclic) bond motifs is 1. The van der Waals surface area contributed by atoms with Gasteiger partial charge in [0.25, 0.3) is 5.91 Å². The highest BCUT2D eigenvalue weighted by Gasteiger charge is 2.16. The Bertz CT molecular complexity index is 898. The van der Waals surface area contributed by atoms with Gasteiger partial charge in [-0.2, -0.15) is 0 Å². The van der Waals surface area contributed by atoms with Gasteiger partial charge in [-0.3, -0.25) is 9.78 Å². The highest BCUT2D eigenvalue weighted by atomic mass is 32.1. The number of hydrogen-bond donors (Lipinski definition) is 2. The lowest BCUT2D eigenvalue weighted by molar-refractivity contribution is 0.103. The molecule has 126 valence electrons. The van der Waals surface area contributed by atoms with Gasteiger partial charge in [0.05, 0.1) is 6.20 Å². The van der Waals surface area contributed by atoms with Crippen molar-refractivity contribution >= 4 is 28.1 Å². The van der Waals surface area contributed by atoms with Gasteiger partial charge in [0, 0.05) is 30.7 Å². The molecule has 4 rings (SSSR count). The van der Waals surface area contributed by atoms with Crippen LogP contribution in [0, 0.1) is 0 Å². The van der Waals surface area contributed by atoms with E-state index in [2.05, 4.69) is 20.6 Å². The number of thiazole rings is 1. The molecule has 2 N–H and O–H groups in total. The van der Waals surface area contributed by atoms with E-state index in [-0.39, 0.29) is 12.7 Å². The Morgan fingerprint density at radius 1 is 1.20 bits per heavy atom. The Kier molecular flexibility index (Phi) is 4.17. The molecule has 0 spiro atoms. The van der Waals surface area contributed by atoms with Crippen molar-refractivity contribution in [3.05, 3.63) is 59.4 Å². The van der Waals surface area contributed by atoms with E-state index in [4.69, 9.17) is 9.47 Å². The normalized spacial score (nSPS) is 12.0. The Morgan fingerprint density at radius 2 is 2.12 bits per heavy atom. The smallest absolute Gasteiger partial charge is 0.267 e. The van der Waals surface area contributed by atoms with Gasteiger partial charge in [0.2, 0.25) is 6.79 Å². The first-order valence-electron chi connectivity index (χ1n) is 7.57. The number of nitrogens with zero attached hydrogens (tertiary/aromatic N) is 2. The summed E-state index contributed by atoms with van der Waals surface area (Å²) < 4.78 is 10.6. The molecule has 7 nitrogen and oxygen atoms in total. The number of anilines is 2. The molecular formula is C17H14N4O3S. The van der Waals surface area contributed by atoms with Crippen LogP contribution < -0.4 is 20.1 Å². The van der Waals surface area contributed by atoms with Crippen LogP contribution in [0.3, 0.4) is 0 Å². The number of hydrogen-bond acceptors (Lipinski definition) is 7. The molecule has 0 radical (unpaired) electrons. The second-order valence-electron chi connectivity index (χ2n) is 5.27. The highest BCUT2D eigenvalue weighted by Crippen LogP contribution is 2.34. The topological polar surface area (TPSA) is 85.4 Å². The average Bonchev–Trinajstić information content (AvgIpc) is 3.30. The van der Waals surface area contributed by atoms with Crippen LogP contribution in [-0.4, -0.2) is 22.7 Å². The second-order valence-corrected chi connectivity index (χ2v) is 6.30. The largest absolute Gasteiger partial charge is 0.454 e. The van der Waals surface area contributed by atoms with Crippen molar-refractivity contribution in [1.29, 1.82) is 0 Å². The van der Waals surface area contributed by atoms with E-state index in [0.717, 1.165) is 5.56 Å². The van der Waals surface area contributed by atoms with E-state index in [1.807, 2.05) is 12.1 Å². The van der Waals surface area contributed by atoms with Gasteiger partial charge in [-0.05, 0) is 23.8 Å². The van der Waals surface area contributed by atoms with Crippen molar-refractivity contribution in [2.45, 2.75) is 6.54 Å². The summed E-state index contributed by atoms with van der Waals surface area (Å²) >= 11 is 1.29. The number of nitrogens with one attached hydrogen (secondary N) is 2. The van der Waals surface area contributed by atoms with Gasteiger partial charge < -0.3 is 20.1 Å². The van der Waals surface area contributed by atoms with E-state index >= 15 is 0 Å². The lowest BCUT2D eigenvalue weighted by atomic mass is 10.2. The predicted molar refractivity (Wildman–Crippen MR) is 94.2 cm³/mol. The molecule has 0 saturated carbocycles. The van der Waals surface area contributed by atoms with Crippen molar-refractivity contribution in [2.75, 3.05) is 17.4 Å². The van der Waals surface area contributed by atoms with Crippen LogP contribution in [0.5, 0.6) is 11.5 Å². The fourth-order valence-corrected chi connectivity index (χ4v) is 3.02. The van der Waals surface area contributed by atoms with Crippen LogP contribution in [0.25, 0.3) is 0 Å². The van der Waals surface area contributed by atoms with Crippen LogP contribution in [0.2, 0.25) is 0 Å². The molecule has 0 fully saturated rings. The predicted octanol–water partition coefficient (Wildman–Crippen LogP) is 3.13. The van der Waals surface area contributed by atoms with Crippen LogP contribution in [0.4, 0.5) is 10.8 Å². The number of ether oxygens (including phenoxy) is 2. The maximum Gasteiger partial charge on any atom is 0.267 e. The van der Waals surface area contributed by atoms with Crippen LogP contribution >= 0.6 is 11.3 Å². The number of carbonyl (C=O) groups excluding carboxylic acids is 1. The maximum atomic E-state index is 12.4. The van der Waals surface area contributed by atoms with Crippen LogP contribution in [-0.2, 0) is 6.54 Å². The quantitative estimate of drug-likeness (QED) is 0.732. The summed E-state index contributed by atoms with van der Waals surface area (Å²) in [5, 5.41) is 6.70. The monoisotopic (exact) mass is 354 g/mol. The first-order chi connectivity index (χ1) is 12.3. The minimum Gasteiger partial charge on any atom is -0.454 e. The fraction of sp³-hybridized carbons (Fsp3) is 0.118. The number of carbonyl (C=O) groups is 1. The molecule has 1 amide bonds. The second kappa shape index (κ2) is 6.78. The van der Waals surface area contributed by atoms with Crippen molar-refractivity contribution in [3.63, 3.8) is 0 Å². The third kappa shape index (κ3) is 3.53. The molecule has 0 bridgehead atoms. The minimum atomic E-state index is -0.217. The van der Waals surface area contributed by atoms with E-state index in [0.29, 0.717) is 33.7 Å². The van der Waals surface area contributed by atoms with Gasteiger partial charge in [-0.1, -0.05) is 17.4 Å². The number of benzene rings is 1. The standard InChI is InChI=1S/C17H14N4O3S/c22-16(21-12-3-4-13-14(6-12)24-10-23-13)15-9-20-17(25-15)19-8-11-2-1-5-18-7-11/h1-7,9H,8,10H2,(H,19,20)(H,21,22). The van der Waals surface area contributed by atoms with Crippen molar-refractivity contribution in [1.82, 2.24) is 9.97 Å². The third-order valence-electron chi connectivity index (χ3n) is 3.53. The fourth-order valence-electron chi connectivity index (χ4n) is 2.31. The van der Waals surface area contributed by atoms with Crippen molar-refractivity contribution < 1.29 is 14.3 Å². The van der Waals surface area contributed by atoms with E-state index in [9.17, 15) is 4.79 Å². The van der Waals surface area contributed by atoms with Gasteiger partial charge in [-0.15, -0.1) is 0 Å². The summed E-state index contributed by atoms with van der Waals surface area (Å²) in [6, 6.07) is 9.13. The van der Waals surface area contributed by atoms with Crippen molar-refractivity contribution in [2.24, 2.45) is 0 Å². The van der Waals surface area contributed by atoms with Crippen molar-refractivity contribution in [3.8, 4) is 11.5 Å². The number of pyridine rings is 1. The minimum absolute atomic E-state index is 0.202. The molecular weight excluding hydrogens is 340 g/mol. The van der Waals surface area contributed by atoms with E-state index in [1.165, 1.54) is 11.3 Å². The lowest BCUT2D eigenvalue weighted by Crippen LogP contribution is -2.09. The molecule has 25 heavy (non-hydrogen) atoms. The zero-order chi connectivity index (χ0) is 17.1. The zero-order valence-electron chi connectivity index (χ0n) is 13.1. The maximum absolute atomic E-state index is 12.4. The molecule has 3 aromatic rings. The highest BCUT2D eigenvalue weighted by molar-refractivity contribution is 7.17. The zero-order valence-corrected chi connectivity index (χ0v) is 13.9. The Labute approximate surface area is 147 Å². The summed E-state index contributed by atoms with van der Waals surface area (Å²) in [5.74, 6) is 1.09. The first-order valence-corrected chi connectivity index (χ1v) is 8.39. The number of amides is 1. The van der Waals surface area contributed by atoms with Gasteiger partial charge >= 0.3 is 0 Å². The van der Waals surface area contributed by atoms with Gasteiger partial charge in [0.15, 0.2) is 16.6 Å². The molecule has 1 aliphatic rings. The summed E-state index contributed by atoms with van der Waals surface area (Å²) in [5.41, 5.74) is 1.69. The molecule has 3 heterocycles. The SMILES string of the molecule is O=C(Nc1ccc2c(c1)OCO2)c1cnc(NCc2cccnc2)s1. The van der Waals surface area contributed by atoms with Gasteiger partial charge in [-0.25, -0.2) is 4.98 Å². The summed E-state index contributed by atoms with van der Waals surface area (Å²) in [4.78, 5) is 21.2. The summed E-state index contributed by atoms with van der Waals surface area (Å²) in [6.45, 7) is 0.804. The van der Waals surface area contributed by atoms with E-state index in [1.54, 1.807) is 36.8 Å². The Balaban J connectivity index is 1.38. The Morgan fingerprint density at radius 3 is 3.00 bits per heavy atom. The van der Waals surface area contributed by atoms with Crippen LogP contribution in [0.1, 0.15) is 15.2 Å². The molecule has 2 aromatic heterocycles. The molecule has 0 unspecified atom stereocenters. The Hall–Kier alpha value is -3.13. The molecule has 8 heteroatoms. The van der Waals surface area contributed by atoms with Crippen LogP contribution in [0.15, 0.2) is 48.9 Å². The van der Waals surface area contributed by atoms with E-state index < -0.39 is 0 Å². The van der Waals surface area contributed by atoms with Gasteiger partial charge in [0.1, 0.15) is 4.88 Å². The third-order valence-corrected chi connectivity index (χ3v) is 4.48.